The molecule has 1 amide bonds. The minimum absolute atomic E-state index is 0.0831. The van der Waals surface area contributed by atoms with Gasteiger partial charge in [0.05, 0.1) is 12.9 Å². The Bertz CT molecular complexity index is 1070. The van der Waals surface area contributed by atoms with E-state index in [2.05, 4.69) is 0 Å². The second-order valence-electron chi connectivity index (χ2n) is 7.60. The van der Waals surface area contributed by atoms with Crippen molar-refractivity contribution in [1.82, 2.24) is 4.90 Å². The summed E-state index contributed by atoms with van der Waals surface area (Å²) in [5.74, 6) is 0.467. The molecule has 0 spiro atoms. The van der Waals surface area contributed by atoms with Crippen molar-refractivity contribution < 1.29 is 23.8 Å². The van der Waals surface area contributed by atoms with E-state index >= 15 is 0 Å². The van der Waals surface area contributed by atoms with Crippen molar-refractivity contribution >= 4 is 11.9 Å². The van der Waals surface area contributed by atoms with E-state index in [0.29, 0.717) is 31.6 Å². The van der Waals surface area contributed by atoms with Gasteiger partial charge in [0.15, 0.2) is 0 Å². The van der Waals surface area contributed by atoms with E-state index in [1.54, 1.807) is 37.3 Å². The topological polar surface area (TPSA) is 80.0 Å². The zero-order chi connectivity index (χ0) is 22.9. The van der Waals surface area contributed by atoms with E-state index in [1.165, 1.54) is 6.08 Å². The Kier molecular flexibility index (Phi) is 7.86. The maximum atomic E-state index is 12.9. The normalized spacial score (nSPS) is 11.2. The first-order chi connectivity index (χ1) is 15.4. The average molecular weight is 434 g/mol. The van der Waals surface area contributed by atoms with Gasteiger partial charge in [-0.2, -0.15) is 0 Å². The molecule has 0 saturated carbocycles. The molecule has 0 atom stereocenters. The van der Waals surface area contributed by atoms with Gasteiger partial charge < -0.3 is 19.2 Å². The van der Waals surface area contributed by atoms with Crippen LogP contribution in [-0.2, 0) is 11.3 Å². The first-order valence-electron chi connectivity index (χ1n) is 10.4. The zero-order valence-electron chi connectivity index (χ0n) is 18.3. The number of hydrogen-bond donors (Lipinski definition) is 1. The number of para-hydroxylation sites is 1. The Morgan fingerprint density at radius 3 is 2.50 bits per heavy atom. The van der Waals surface area contributed by atoms with Crippen LogP contribution in [0, 0.1) is 0 Å². The molecule has 0 aliphatic rings. The fourth-order valence-electron chi connectivity index (χ4n) is 3.36. The fraction of sp³-hybridized carbons (Fsp3) is 0.231. The number of carboxylic acids is 1. The maximum Gasteiger partial charge on any atom is 0.328 e. The number of carbonyl (C=O) groups excluding carboxylic acids is 1. The number of nitrogens with zero attached hydrogens (tertiary/aromatic N) is 1. The van der Waals surface area contributed by atoms with Gasteiger partial charge in [-0.3, -0.25) is 4.79 Å². The van der Waals surface area contributed by atoms with E-state index in [0.717, 1.165) is 28.2 Å². The molecule has 6 nitrogen and oxygen atoms in total. The van der Waals surface area contributed by atoms with Crippen molar-refractivity contribution in [2.24, 2.45) is 0 Å². The summed E-state index contributed by atoms with van der Waals surface area (Å²) in [6, 6.07) is 18.7. The van der Waals surface area contributed by atoms with Crippen LogP contribution in [0.15, 0.2) is 83.0 Å². The van der Waals surface area contributed by atoms with Crippen LogP contribution in [0.4, 0.5) is 0 Å². The molecule has 3 aromatic rings. The van der Waals surface area contributed by atoms with Crippen LogP contribution in [0.2, 0.25) is 0 Å². The molecule has 6 heteroatoms. The van der Waals surface area contributed by atoms with E-state index in [1.807, 2.05) is 48.5 Å². The van der Waals surface area contributed by atoms with Gasteiger partial charge in [0.1, 0.15) is 11.5 Å². The summed E-state index contributed by atoms with van der Waals surface area (Å²) in [6.07, 6.45) is 4.20. The van der Waals surface area contributed by atoms with Crippen molar-refractivity contribution in [1.29, 1.82) is 0 Å². The molecule has 166 valence electrons. The van der Waals surface area contributed by atoms with Crippen LogP contribution in [0.25, 0.3) is 11.3 Å². The number of furan rings is 1. The number of carboxylic acid groups (broad SMARTS) is 1. The second-order valence-corrected chi connectivity index (χ2v) is 7.60. The zero-order valence-corrected chi connectivity index (χ0v) is 18.3. The molecular formula is C26H27NO5. The molecular weight excluding hydrogens is 406 g/mol. The van der Waals surface area contributed by atoms with Gasteiger partial charge in [0.2, 0.25) is 0 Å². The highest BCUT2D eigenvalue weighted by molar-refractivity contribution is 5.94. The molecule has 0 aliphatic carbocycles. The number of carbonyl (C=O) groups is 2. The smallest absolute Gasteiger partial charge is 0.328 e. The number of benzene rings is 2. The van der Waals surface area contributed by atoms with E-state index in [4.69, 9.17) is 14.3 Å². The maximum absolute atomic E-state index is 12.9. The average Bonchev–Trinajstić information content (AvgIpc) is 3.32. The number of hydrogen-bond acceptors (Lipinski definition) is 4. The third kappa shape index (κ3) is 6.35. The van der Waals surface area contributed by atoms with Gasteiger partial charge in [-0.05, 0) is 50.1 Å². The van der Waals surface area contributed by atoms with Crippen molar-refractivity contribution in [3.8, 4) is 17.1 Å². The van der Waals surface area contributed by atoms with Gasteiger partial charge in [-0.15, -0.1) is 0 Å². The van der Waals surface area contributed by atoms with Gasteiger partial charge in [0.25, 0.3) is 5.91 Å². The molecule has 0 bridgehead atoms. The van der Waals surface area contributed by atoms with Gasteiger partial charge in [-0.1, -0.05) is 35.9 Å². The van der Waals surface area contributed by atoms with E-state index in [9.17, 15) is 9.59 Å². The van der Waals surface area contributed by atoms with Crippen molar-refractivity contribution in [3.63, 3.8) is 0 Å². The first-order valence-corrected chi connectivity index (χ1v) is 10.4. The molecule has 3 rings (SSSR count). The molecule has 0 radical (unpaired) electrons. The molecule has 1 aromatic heterocycles. The molecule has 32 heavy (non-hydrogen) atoms. The number of aliphatic carboxylic acids is 1. The lowest BCUT2D eigenvalue weighted by molar-refractivity contribution is -0.131. The van der Waals surface area contributed by atoms with Gasteiger partial charge in [0, 0.05) is 36.4 Å². The molecule has 2 aromatic carbocycles. The third-order valence-corrected chi connectivity index (χ3v) is 5.01. The Hall–Kier alpha value is -3.80. The monoisotopic (exact) mass is 433 g/mol. The highest BCUT2D eigenvalue weighted by Gasteiger charge is 2.15. The summed E-state index contributed by atoms with van der Waals surface area (Å²) in [6.45, 7) is 2.67. The quantitative estimate of drug-likeness (QED) is 0.342. The Morgan fingerprint density at radius 1 is 1.06 bits per heavy atom. The van der Waals surface area contributed by atoms with Crippen LogP contribution in [-0.4, -0.2) is 35.5 Å². The largest absolute Gasteiger partial charge is 0.493 e. The molecule has 1 heterocycles. The highest BCUT2D eigenvalue weighted by atomic mass is 16.5. The van der Waals surface area contributed by atoms with Crippen LogP contribution in [0.5, 0.6) is 5.75 Å². The summed E-state index contributed by atoms with van der Waals surface area (Å²) in [4.78, 5) is 25.2. The lowest BCUT2D eigenvalue weighted by Gasteiger charge is -2.20. The lowest BCUT2D eigenvalue weighted by atomic mass is 10.1. The highest BCUT2D eigenvalue weighted by Crippen LogP contribution is 2.23. The van der Waals surface area contributed by atoms with Gasteiger partial charge in [-0.25, -0.2) is 4.79 Å². The number of rotatable bonds is 10. The summed E-state index contributed by atoms with van der Waals surface area (Å²) in [7, 11) is 1.76. The third-order valence-electron chi connectivity index (χ3n) is 5.01. The van der Waals surface area contributed by atoms with E-state index < -0.39 is 5.97 Å². The summed E-state index contributed by atoms with van der Waals surface area (Å²) < 4.78 is 11.3. The van der Waals surface area contributed by atoms with Crippen LogP contribution in [0.3, 0.4) is 0 Å². The Morgan fingerprint density at radius 2 is 1.81 bits per heavy atom. The molecule has 0 saturated heterocycles. The predicted molar refractivity (Wildman–Crippen MR) is 123 cm³/mol. The standard InChI is InChI=1S/C26H27NO5/c1-19(17-25(28)29)7-5-15-32-24-9-4-3-8-22(24)18-27(2)26(30)21-13-11-20(12-14-21)23-10-6-16-31-23/h3-4,6,8-14,16-17H,5,7,15,18H2,1-2H3,(H,28,29). The number of allylic oxidation sites excluding steroid dienone is 1. The minimum atomic E-state index is -0.933. The van der Waals surface area contributed by atoms with Crippen molar-refractivity contribution in [2.75, 3.05) is 13.7 Å². The van der Waals surface area contributed by atoms with Crippen LogP contribution in [0.1, 0.15) is 35.7 Å². The van der Waals surface area contributed by atoms with Gasteiger partial charge >= 0.3 is 5.97 Å². The van der Waals surface area contributed by atoms with Crippen LogP contribution < -0.4 is 4.74 Å². The summed E-state index contributed by atoms with van der Waals surface area (Å²) >= 11 is 0. The Balaban J connectivity index is 1.58. The second kappa shape index (κ2) is 11.0. The number of ether oxygens (including phenoxy) is 1. The summed E-state index contributed by atoms with van der Waals surface area (Å²) in [5.41, 5.74) is 3.23. The SMILES string of the molecule is CC(=CC(=O)O)CCCOc1ccccc1CN(C)C(=O)c1ccc(-c2ccco2)cc1. The predicted octanol–water partition coefficient (Wildman–Crippen LogP) is 5.41. The minimum Gasteiger partial charge on any atom is -0.493 e. The van der Waals surface area contributed by atoms with Crippen molar-refractivity contribution in [2.45, 2.75) is 26.3 Å². The van der Waals surface area contributed by atoms with Crippen molar-refractivity contribution in [3.05, 3.63) is 89.7 Å². The Labute approximate surface area is 187 Å². The lowest BCUT2D eigenvalue weighted by Crippen LogP contribution is -2.26. The van der Waals surface area contributed by atoms with Crippen LogP contribution >= 0.6 is 0 Å². The molecule has 1 N–H and O–H groups in total. The number of amides is 1. The fourth-order valence-corrected chi connectivity index (χ4v) is 3.36. The summed E-state index contributed by atoms with van der Waals surface area (Å²) in [5, 5.41) is 8.78. The molecule has 0 unspecified atom stereocenters. The first kappa shape index (κ1) is 22.9. The molecule has 0 fully saturated rings. The van der Waals surface area contributed by atoms with E-state index in [-0.39, 0.29) is 5.91 Å². The molecule has 0 aliphatic heterocycles.